The smallest absolute Gasteiger partial charge is 0.173 e. The van der Waals surface area contributed by atoms with Crippen LogP contribution in [0.15, 0.2) is 34.5 Å². The molecule has 19 heavy (non-hydrogen) atoms. The van der Waals surface area contributed by atoms with Crippen molar-refractivity contribution in [3.63, 3.8) is 0 Å². The largest absolute Gasteiger partial charge is 0.326 e. The summed E-state index contributed by atoms with van der Waals surface area (Å²) in [6.07, 6.45) is 0. The molecule has 1 aromatic carbocycles. The van der Waals surface area contributed by atoms with Crippen LogP contribution in [0.5, 0.6) is 0 Å². The summed E-state index contributed by atoms with van der Waals surface area (Å²) in [6.45, 7) is 10.4. The van der Waals surface area contributed by atoms with Gasteiger partial charge < -0.3 is 5.73 Å². The molecule has 0 aliphatic carbocycles. The van der Waals surface area contributed by atoms with E-state index in [1.165, 1.54) is 0 Å². The maximum Gasteiger partial charge on any atom is 0.173 e. The Kier molecular flexibility index (Phi) is 9.08. The molecule has 5 heteroatoms. The van der Waals surface area contributed by atoms with E-state index in [4.69, 9.17) is 5.73 Å². The number of hydrogen-bond donors (Lipinski definition) is 3. The number of rotatable bonds is 2. The molecule has 1 aliphatic heterocycles. The van der Waals surface area contributed by atoms with Gasteiger partial charge in [-0.3, -0.25) is 10.9 Å². The van der Waals surface area contributed by atoms with E-state index in [1.807, 2.05) is 58.9 Å². The molecule has 0 saturated carbocycles. The molecule has 0 saturated heterocycles. The Hall–Kier alpha value is -1.88. The molecule has 1 aliphatic rings. The molecule has 0 spiro atoms. The van der Waals surface area contributed by atoms with Crippen molar-refractivity contribution in [2.75, 3.05) is 0 Å². The van der Waals surface area contributed by atoms with E-state index in [0.717, 1.165) is 17.0 Å². The number of amidine groups is 2. The fourth-order valence-corrected chi connectivity index (χ4v) is 1.25. The van der Waals surface area contributed by atoms with Gasteiger partial charge in [-0.05, 0) is 12.5 Å². The van der Waals surface area contributed by atoms with Crippen molar-refractivity contribution in [1.29, 1.82) is 0 Å². The van der Waals surface area contributed by atoms with E-state index in [0.29, 0.717) is 12.4 Å². The molecule has 4 N–H and O–H groups in total. The van der Waals surface area contributed by atoms with Gasteiger partial charge >= 0.3 is 0 Å². The van der Waals surface area contributed by atoms with E-state index in [9.17, 15) is 0 Å². The van der Waals surface area contributed by atoms with Gasteiger partial charge in [0.15, 0.2) is 5.84 Å². The lowest BCUT2D eigenvalue weighted by molar-refractivity contribution is 0.877. The molecular weight excluding hydrogens is 238 g/mol. The van der Waals surface area contributed by atoms with Crippen LogP contribution in [-0.4, -0.2) is 11.7 Å². The average molecular weight is 263 g/mol. The summed E-state index contributed by atoms with van der Waals surface area (Å²) in [5.41, 5.74) is 13.3. The summed E-state index contributed by atoms with van der Waals surface area (Å²) in [4.78, 5) is 0. The summed E-state index contributed by atoms with van der Waals surface area (Å²) >= 11 is 0. The Morgan fingerprint density at radius 2 is 1.53 bits per heavy atom. The second kappa shape index (κ2) is 10.1. The van der Waals surface area contributed by atoms with Crippen LogP contribution < -0.4 is 16.6 Å². The van der Waals surface area contributed by atoms with Crippen LogP contribution >= 0.6 is 0 Å². The Bertz CT molecular complexity index is 406. The zero-order chi connectivity index (χ0) is 14.7. The number of nitrogens with two attached hydrogens (primary N) is 1. The monoisotopic (exact) mass is 263 g/mol. The predicted octanol–water partition coefficient (Wildman–Crippen LogP) is 2.39. The Labute approximate surface area is 116 Å². The predicted molar refractivity (Wildman–Crippen MR) is 82.9 cm³/mol. The molecular formula is C14H25N5. The topological polar surface area (TPSA) is 74.8 Å². The van der Waals surface area contributed by atoms with E-state index in [1.54, 1.807) is 0 Å². The van der Waals surface area contributed by atoms with Crippen LogP contribution in [0.2, 0.25) is 0 Å². The molecule has 2 rings (SSSR count). The Morgan fingerprint density at radius 1 is 0.947 bits per heavy atom. The summed E-state index contributed by atoms with van der Waals surface area (Å²) in [7, 11) is 0. The van der Waals surface area contributed by atoms with Crippen LogP contribution in [0.4, 0.5) is 0 Å². The molecule has 0 unspecified atom stereocenters. The van der Waals surface area contributed by atoms with Crippen molar-refractivity contribution in [1.82, 2.24) is 10.9 Å². The average Bonchev–Trinajstić information content (AvgIpc) is 2.52. The highest BCUT2D eigenvalue weighted by Crippen LogP contribution is 2.05. The fraction of sp³-hybridized carbons (Fsp3) is 0.429. The van der Waals surface area contributed by atoms with Crippen LogP contribution in [0.25, 0.3) is 0 Å². The van der Waals surface area contributed by atoms with E-state index in [-0.39, 0.29) is 0 Å². The van der Waals surface area contributed by atoms with Gasteiger partial charge in [0.05, 0.1) is 0 Å². The third kappa shape index (κ3) is 5.52. The van der Waals surface area contributed by atoms with Gasteiger partial charge in [-0.25, -0.2) is 0 Å². The minimum Gasteiger partial charge on any atom is -0.326 e. The summed E-state index contributed by atoms with van der Waals surface area (Å²) in [5, 5.41) is 8.16. The fourth-order valence-electron chi connectivity index (χ4n) is 1.25. The van der Waals surface area contributed by atoms with Crippen molar-refractivity contribution in [2.24, 2.45) is 15.9 Å². The van der Waals surface area contributed by atoms with Gasteiger partial charge in [0.25, 0.3) is 0 Å². The van der Waals surface area contributed by atoms with Gasteiger partial charge in [0.2, 0.25) is 0 Å². The zero-order valence-electron chi connectivity index (χ0n) is 12.5. The number of hydrogen-bond acceptors (Lipinski definition) is 5. The molecule has 0 atom stereocenters. The standard InChI is InChI=1S/C10H13N5.2C2H6/c1-7-12-14-10(15-13-7)9-4-2-8(6-11)3-5-9;2*1-2/h2-5H,6,11H2,1H3,(H,12,13)(H,14,15);2*1-2H3. The molecule has 0 amide bonds. The van der Waals surface area contributed by atoms with Crippen LogP contribution in [0.1, 0.15) is 45.7 Å². The molecule has 106 valence electrons. The Morgan fingerprint density at radius 3 is 1.95 bits per heavy atom. The normalized spacial score (nSPS) is 12.3. The lowest BCUT2D eigenvalue weighted by Gasteiger charge is -2.12. The van der Waals surface area contributed by atoms with Gasteiger partial charge in [-0.15, -0.1) is 0 Å². The minimum absolute atomic E-state index is 0.551. The highest BCUT2D eigenvalue weighted by molar-refractivity contribution is 6.01. The second-order valence-electron chi connectivity index (χ2n) is 3.28. The SMILES string of the molecule is CC.CC.CC1=NNC(c2ccc(CN)cc2)=NN1. The van der Waals surface area contributed by atoms with Crippen molar-refractivity contribution < 1.29 is 0 Å². The molecule has 1 heterocycles. The molecule has 0 fully saturated rings. The third-order valence-electron chi connectivity index (χ3n) is 2.12. The third-order valence-corrected chi connectivity index (χ3v) is 2.12. The first-order valence-electron chi connectivity index (χ1n) is 6.73. The molecule has 0 radical (unpaired) electrons. The summed E-state index contributed by atoms with van der Waals surface area (Å²) < 4.78 is 0. The number of benzene rings is 1. The van der Waals surface area contributed by atoms with Crippen molar-refractivity contribution in [2.45, 2.75) is 41.2 Å². The minimum atomic E-state index is 0.551. The zero-order valence-corrected chi connectivity index (χ0v) is 12.5. The molecule has 1 aromatic rings. The maximum atomic E-state index is 5.52. The van der Waals surface area contributed by atoms with E-state index in [2.05, 4.69) is 21.1 Å². The van der Waals surface area contributed by atoms with Crippen molar-refractivity contribution >= 4 is 11.7 Å². The maximum absolute atomic E-state index is 5.52. The highest BCUT2D eigenvalue weighted by atomic mass is 15.5. The summed E-state index contributed by atoms with van der Waals surface area (Å²) in [5.74, 6) is 1.46. The van der Waals surface area contributed by atoms with Crippen molar-refractivity contribution in [3.05, 3.63) is 35.4 Å². The quantitative estimate of drug-likeness (QED) is 0.767. The van der Waals surface area contributed by atoms with Gasteiger partial charge in [0.1, 0.15) is 5.84 Å². The van der Waals surface area contributed by atoms with Gasteiger partial charge in [-0.1, -0.05) is 52.0 Å². The number of hydrazone groups is 2. The van der Waals surface area contributed by atoms with E-state index >= 15 is 0 Å². The van der Waals surface area contributed by atoms with Crippen LogP contribution in [0, 0.1) is 0 Å². The molecule has 5 nitrogen and oxygen atoms in total. The van der Waals surface area contributed by atoms with E-state index < -0.39 is 0 Å². The molecule has 0 aromatic heterocycles. The lowest BCUT2D eigenvalue weighted by Crippen LogP contribution is -2.32. The van der Waals surface area contributed by atoms with Gasteiger partial charge in [-0.2, -0.15) is 10.2 Å². The number of nitrogens with one attached hydrogen (secondary N) is 2. The number of nitrogens with zero attached hydrogens (tertiary/aromatic N) is 2. The van der Waals surface area contributed by atoms with Crippen LogP contribution in [-0.2, 0) is 6.54 Å². The first-order valence-corrected chi connectivity index (χ1v) is 6.73. The lowest BCUT2D eigenvalue weighted by atomic mass is 10.1. The molecule has 0 bridgehead atoms. The summed E-state index contributed by atoms with van der Waals surface area (Å²) in [6, 6.07) is 7.88. The first-order chi connectivity index (χ1) is 9.29. The van der Waals surface area contributed by atoms with Crippen molar-refractivity contribution in [3.8, 4) is 0 Å². The first kappa shape index (κ1) is 17.1. The van der Waals surface area contributed by atoms with Crippen LogP contribution in [0.3, 0.4) is 0 Å². The second-order valence-corrected chi connectivity index (χ2v) is 3.28. The van der Waals surface area contributed by atoms with Gasteiger partial charge in [0, 0.05) is 12.1 Å². The highest BCUT2D eigenvalue weighted by Gasteiger charge is 2.06. The Balaban J connectivity index is 0.000000741.